The molecule has 2 saturated heterocycles. The molecule has 2 aliphatic rings. The molecule has 1 aromatic rings. The maximum absolute atomic E-state index is 5.91. The number of thioether (sulfide) groups is 1. The molecular formula is C18H32N6OS. The van der Waals surface area contributed by atoms with E-state index in [1.54, 1.807) is 11.8 Å². The number of hydrogen-bond donors (Lipinski definition) is 2. The van der Waals surface area contributed by atoms with Crippen molar-refractivity contribution in [1.82, 2.24) is 25.4 Å². The van der Waals surface area contributed by atoms with E-state index in [9.17, 15) is 0 Å². The third-order valence-electron chi connectivity index (χ3n) is 5.05. The second-order valence-corrected chi connectivity index (χ2v) is 8.34. The van der Waals surface area contributed by atoms with Crippen LogP contribution in [0.5, 0.6) is 0 Å². The van der Waals surface area contributed by atoms with E-state index < -0.39 is 0 Å². The second-order valence-electron chi connectivity index (χ2n) is 7.57. The minimum Gasteiger partial charge on any atom is -0.373 e. The van der Waals surface area contributed by atoms with Gasteiger partial charge in [0.15, 0.2) is 11.1 Å². The van der Waals surface area contributed by atoms with Gasteiger partial charge < -0.3 is 19.9 Å². The summed E-state index contributed by atoms with van der Waals surface area (Å²) in [4.78, 5) is 4.36. The van der Waals surface area contributed by atoms with Gasteiger partial charge in [-0.15, -0.1) is 10.2 Å². The largest absolute Gasteiger partial charge is 0.373 e. The summed E-state index contributed by atoms with van der Waals surface area (Å²) in [5.74, 6) is 2.54. The fourth-order valence-electron chi connectivity index (χ4n) is 3.82. The fourth-order valence-corrected chi connectivity index (χ4v) is 4.34. The van der Waals surface area contributed by atoms with Gasteiger partial charge in [-0.05, 0) is 37.9 Å². The van der Waals surface area contributed by atoms with Crippen LogP contribution in [-0.2, 0) is 17.7 Å². The molecule has 3 heterocycles. The normalized spacial score (nSPS) is 25.3. The third-order valence-corrected chi connectivity index (χ3v) is 5.71. The predicted octanol–water partition coefficient (Wildman–Crippen LogP) is 2.07. The second kappa shape index (κ2) is 9.08. The quantitative estimate of drug-likeness (QED) is 0.311. The van der Waals surface area contributed by atoms with Gasteiger partial charge in [-0.3, -0.25) is 4.99 Å². The van der Waals surface area contributed by atoms with Crippen LogP contribution in [-0.4, -0.2) is 58.8 Å². The summed E-state index contributed by atoms with van der Waals surface area (Å²) in [6.45, 7) is 6.29. The van der Waals surface area contributed by atoms with Crippen molar-refractivity contribution in [2.45, 2.75) is 75.9 Å². The number of guanidine groups is 1. The van der Waals surface area contributed by atoms with Crippen molar-refractivity contribution in [3.05, 3.63) is 5.82 Å². The van der Waals surface area contributed by atoms with Crippen LogP contribution in [0.4, 0.5) is 0 Å². The van der Waals surface area contributed by atoms with Crippen LogP contribution in [0.25, 0.3) is 0 Å². The van der Waals surface area contributed by atoms with E-state index in [1.807, 2.05) is 7.05 Å². The van der Waals surface area contributed by atoms with Gasteiger partial charge in [0.2, 0.25) is 0 Å². The van der Waals surface area contributed by atoms with Gasteiger partial charge in [-0.25, -0.2) is 0 Å². The molecular weight excluding hydrogens is 348 g/mol. The Hall–Kier alpha value is -1.28. The van der Waals surface area contributed by atoms with E-state index in [1.165, 1.54) is 12.8 Å². The number of ether oxygens (including phenoxy) is 1. The molecule has 0 spiro atoms. The number of fused-ring (bicyclic) bond motifs is 2. The maximum Gasteiger partial charge on any atom is 0.191 e. The first-order valence-corrected chi connectivity index (χ1v) is 10.9. The lowest BCUT2D eigenvalue weighted by atomic mass is 9.96. The van der Waals surface area contributed by atoms with Crippen molar-refractivity contribution in [2.75, 3.05) is 19.8 Å². The molecule has 2 aliphatic heterocycles. The zero-order valence-electron chi connectivity index (χ0n) is 16.4. The molecule has 3 unspecified atom stereocenters. The molecule has 1 aromatic heterocycles. The molecule has 7 nitrogen and oxygen atoms in total. The number of nitrogens with one attached hydrogen (secondary N) is 2. The molecule has 0 aromatic carbocycles. The van der Waals surface area contributed by atoms with Crippen LogP contribution in [0.15, 0.2) is 10.1 Å². The van der Waals surface area contributed by atoms with Gasteiger partial charge in [-0.2, -0.15) is 0 Å². The van der Waals surface area contributed by atoms with Crippen LogP contribution in [0.1, 0.15) is 45.4 Å². The van der Waals surface area contributed by atoms with E-state index in [-0.39, 0.29) is 0 Å². The third kappa shape index (κ3) is 4.71. The maximum atomic E-state index is 5.91. The zero-order valence-corrected chi connectivity index (χ0v) is 17.2. The Morgan fingerprint density at radius 3 is 2.85 bits per heavy atom. The lowest BCUT2D eigenvalue weighted by Gasteiger charge is -2.22. The Labute approximate surface area is 160 Å². The van der Waals surface area contributed by atoms with E-state index in [0.29, 0.717) is 24.2 Å². The Bertz CT molecular complexity index is 617. The molecule has 2 N–H and O–H groups in total. The minimum atomic E-state index is 0.359. The first-order valence-electron chi connectivity index (χ1n) is 9.69. The molecule has 146 valence electrons. The molecule has 26 heavy (non-hydrogen) atoms. The van der Waals surface area contributed by atoms with Crippen molar-refractivity contribution < 1.29 is 4.74 Å². The van der Waals surface area contributed by atoms with E-state index in [2.05, 4.69) is 50.5 Å². The summed E-state index contributed by atoms with van der Waals surface area (Å²) in [6, 6.07) is 0.401. The van der Waals surface area contributed by atoms with Crippen molar-refractivity contribution in [3.63, 3.8) is 0 Å². The molecule has 3 atom stereocenters. The molecule has 2 bridgehead atoms. The highest BCUT2D eigenvalue weighted by atomic mass is 32.2. The van der Waals surface area contributed by atoms with Crippen molar-refractivity contribution in [1.29, 1.82) is 0 Å². The highest BCUT2D eigenvalue weighted by Gasteiger charge is 2.41. The van der Waals surface area contributed by atoms with Crippen LogP contribution in [0.3, 0.4) is 0 Å². The molecule has 8 heteroatoms. The molecule has 0 aliphatic carbocycles. The van der Waals surface area contributed by atoms with Crippen LogP contribution >= 0.6 is 11.8 Å². The monoisotopic (exact) mass is 380 g/mol. The van der Waals surface area contributed by atoms with Gasteiger partial charge in [0.1, 0.15) is 5.82 Å². The summed E-state index contributed by atoms with van der Waals surface area (Å²) in [6.07, 6.45) is 8.27. The van der Waals surface area contributed by atoms with Crippen LogP contribution < -0.4 is 10.6 Å². The number of aromatic nitrogens is 3. The molecule has 2 fully saturated rings. The average molecular weight is 381 g/mol. The van der Waals surface area contributed by atoms with Gasteiger partial charge >= 0.3 is 0 Å². The average Bonchev–Trinajstić information content (AvgIpc) is 3.33. The Morgan fingerprint density at radius 1 is 1.38 bits per heavy atom. The minimum absolute atomic E-state index is 0.359. The smallest absolute Gasteiger partial charge is 0.191 e. The zero-order chi connectivity index (χ0) is 18.5. The first-order chi connectivity index (χ1) is 12.6. The number of hydrogen-bond acceptors (Lipinski definition) is 5. The Morgan fingerprint density at radius 2 is 2.23 bits per heavy atom. The Balaban J connectivity index is 1.44. The molecule has 0 amide bonds. The van der Waals surface area contributed by atoms with E-state index >= 15 is 0 Å². The number of nitrogens with zero attached hydrogens (tertiary/aromatic N) is 4. The van der Waals surface area contributed by atoms with Crippen molar-refractivity contribution in [3.8, 4) is 0 Å². The summed E-state index contributed by atoms with van der Waals surface area (Å²) in [5, 5.41) is 16.7. The highest BCUT2D eigenvalue weighted by molar-refractivity contribution is 7.98. The lowest BCUT2D eigenvalue weighted by Crippen LogP contribution is -2.47. The number of rotatable bonds is 8. The summed E-state index contributed by atoms with van der Waals surface area (Å²) < 4.78 is 8.17. The van der Waals surface area contributed by atoms with Crippen molar-refractivity contribution >= 4 is 17.7 Å². The molecule has 0 radical (unpaired) electrons. The summed E-state index contributed by atoms with van der Waals surface area (Å²) >= 11 is 1.66. The molecule has 3 rings (SSSR count). The SMILES string of the molecule is CN=C(NCCCc1nnc(SC)n1CC(C)C)NC1CC2CCC1O2. The van der Waals surface area contributed by atoms with Gasteiger partial charge in [0, 0.05) is 26.6 Å². The highest BCUT2D eigenvalue weighted by Crippen LogP contribution is 2.34. The standard InChI is InChI=1S/C18H32N6OS/c1-12(2)11-24-16(22-23-18(24)26-4)6-5-9-20-17(19-3)21-14-10-13-7-8-15(14)25-13/h12-15H,5-11H2,1-4H3,(H2,19,20,21). The van der Waals surface area contributed by atoms with Crippen LogP contribution in [0, 0.1) is 5.92 Å². The van der Waals surface area contributed by atoms with Crippen LogP contribution in [0.2, 0.25) is 0 Å². The topological polar surface area (TPSA) is 76.4 Å². The number of aryl methyl sites for hydroxylation is 1. The predicted molar refractivity (Wildman–Crippen MR) is 106 cm³/mol. The summed E-state index contributed by atoms with van der Waals surface area (Å²) in [5.41, 5.74) is 0. The first kappa shape index (κ1) is 19.5. The van der Waals surface area contributed by atoms with Gasteiger partial charge in [0.25, 0.3) is 0 Å². The lowest BCUT2D eigenvalue weighted by molar-refractivity contribution is 0.0992. The van der Waals surface area contributed by atoms with Gasteiger partial charge in [0.05, 0.1) is 18.2 Å². The number of aliphatic imine (C=N–C) groups is 1. The molecule has 0 saturated carbocycles. The summed E-state index contributed by atoms with van der Waals surface area (Å²) in [7, 11) is 1.83. The Kier molecular flexibility index (Phi) is 6.80. The van der Waals surface area contributed by atoms with Gasteiger partial charge in [-0.1, -0.05) is 25.6 Å². The van der Waals surface area contributed by atoms with E-state index in [0.717, 1.165) is 49.3 Å². The van der Waals surface area contributed by atoms with Crippen molar-refractivity contribution in [2.24, 2.45) is 10.9 Å². The fraction of sp³-hybridized carbons (Fsp3) is 0.833. The van der Waals surface area contributed by atoms with E-state index in [4.69, 9.17) is 4.74 Å².